The van der Waals surface area contributed by atoms with Crippen LogP contribution in [0.1, 0.15) is 48.9 Å². The lowest BCUT2D eigenvalue weighted by Crippen LogP contribution is -2.36. The van der Waals surface area contributed by atoms with Gasteiger partial charge in [0.05, 0.1) is 6.54 Å². The second-order valence-electron chi connectivity index (χ2n) is 6.73. The number of benzene rings is 1. The normalized spacial score (nSPS) is 18.3. The molecule has 0 aromatic heterocycles. The molecule has 2 saturated heterocycles. The summed E-state index contributed by atoms with van der Waals surface area (Å²) in [6.07, 6.45) is 6.83. The van der Waals surface area contributed by atoms with Crippen LogP contribution in [-0.2, 0) is 4.79 Å². The third-order valence-corrected chi connectivity index (χ3v) is 4.91. The quantitative estimate of drug-likeness (QED) is 0.924. The molecule has 0 atom stereocenters. The van der Waals surface area contributed by atoms with Crippen molar-refractivity contribution in [1.29, 1.82) is 0 Å². The van der Waals surface area contributed by atoms with Crippen molar-refractivity contribution in [2.45, 2.75) is 38.5 Å². The largest absolute Gasteiger partial charge is 0.376 e. The molecule has 5 nitrogen and oxygen atoms in total. The van der Waals surface area contributed by atoms with Crippen molar-refractivity contribution < 1.29 is 9.59 Å². The smallest absolute Gasteiger partial charge is 0.253 e. The molecule has 2 aliphatic heterocycles. The minimum Gasteiger partial charge on any atom is -0.376 e. The summed E-state index contributed by atoms with van der Waals surface area (Å²) in [5.41, 5.74) is 1.53. The SMILES string of the molecule is O=C(CNc1cccc(C(=O)N2CCCC2)c1)N1CCCCCC1. The van der Waals surface area contributed by atoms with Gasteiger partial charge in [-0.25, -0.2) is 0 Å². The Labute approximate surface area is 144 Å². The number of nitrogens with one attached hydrogen (secondary N) is 1. The Morgan fingerprint density at radius 3 is 2.21 bits per heavy atom. The Hall–Kier alpha value is -2.04. The van der Waals surface area contributed by atoms with E-state index in [2.05, 4.69) is 5.32 Å². The number of anilines is 1. The van der Waals surface area contributed by atoms with E-state index in [1.807, 2.05) is 34.1 Å². The van der Waals surface area contributed by atoms with Crippen LogP contribution in [0.2, 0.25) is 0 Å². The van der Waals surface area contributed by atoms with Crippen molar-refractivity contribution in [3.05, 3.63) is 29.8 Å². The maximum Gasteiger partial charge on any atom is 0.253 e. The number of hydrogen-bond donors (Lipinski definition) is 1. The van der Waals surface area contributed by atoms with E-state index in [9.17, 15) is 9.59 Å². The van der Waals surface area contributed by atoms with Crippen molar-refractivity contribution in [3.63, 3.8) is 0 Å². The van der Waals surface area contributed by atoms with Gasteiger partial charge in [-0.3, -0.25) is 9.59 Å². The van der Waals surface area contributed by atoms with E-state index in [0.717, 1.165) is 57.5 Å². The zero-order chi connectivity index (χ0) is 16.8. The van der Waals surface area contributed by atoms with Gasteiger partial charge in [0.25, 0.3) is 5.91 Å². The van der Waals surface area contributed by atoms with Crippen molar-refractivity contribution in [3.8, 4) is 0 Å². The molecule has 0 radical (unpaired) electrons. The monoisotopic (exact) mass is 329 g/mol. The first-order valence-corrected chi connectivity index (χ1v) is 9.15. The maximum absolute atomic E-state index is 12.4. The summed E-state index contributed by atoms with van der Waals surface area (Å²) in [6, 6.07) is 7.50. The van der Waals surface area contributed by atoms with Gasteiger partial charge in [-0.1, -0.05) is 18.9 Å². The van der Waals surface area contributed by atoms with E-state index in [-0.39, 0.29) is 11.8 Å². The van der Waals surface area contributed by atoms with Gasteiger partial charge in [0.1, 0.15) is 0 Å². The minimum absolute atomic E-state index is 0.0926. The third-order valence-electron chi connectivity index (χ3n) is 4.91. The number of amides is 2. The molecule has 24 heavy (non-hydrogen) atoms. The lowest BCUT2D eigenvalue weighted by molar-refractivity contribution is -0.129. The molecule has 2 aliphatic rings. The van der Waals surface area contributed by atoms with Crippen molar-refractivity contribution in [2.24, 2.45) is 0 Å². The van der Waals surface area contributed by atoms with E-state index in [4.69, 9.17) is 0 Å². The van der Waals surface area contributed by atoms with E-state index in [1.54, 1.807) is 0 Å². The predicted octanol–water partition coefficient (Wildman–Crippen LogP) is 2.74. The van der Waals surface area contributed by atoms with Crippen LogP contribution in [-0.4, -0.2) is 54.3 Å². The molecule has 0 spiro atoms. The lowest BCUT2D eigenvalue weighted by Gasteiger charge is -2.21. The topological polar surface area (TPSA) is 52.7 Å². The zero-order valence-corrected chi connectivity index (χ0v) is 14.3. The molecule has 1 aromatic rings. The van der Waals surface area contributed by atoms with Crippen LogP contribution in [0, 0.1) is 0 Å². The van der Waals surface area contributed by atoms with E-state index in [0.29, 0.717) is 12.1 Å². The molecule has 0 aliphatic carbocycles. The maximum atomic E-state index is 12.4. The van der Waals surface area contributed by atoms with Crippen LogP contribution in [0.25, 0.3) is 0 Å². The number of carbonyl (C=O) groups is 2. The predicted molar refractivity (Wildman–Crippen MR) is 95.1 cm³/mol. The van der Waals surface area contributed by atoms with Gasteiger partial charge >= 0.3 is 0 Å². The summed E-state index contributed by atoms with van der Waals surface area (Å²) in [7, 11) is 0. The Kier molecular flexibility index (Phi) is 5.72. The van der Waals surface area contributed by atoms with Crippen LogP contribution in [0.3, 0.4) is 0 Å². The summed E-state index contributed by atoms with van der Waals surface area (Å²) in [5.74, 6) is 0.239. The lowest BCUT2D eigenvalue weighted by atomic mass is 10.1. The summed E-state index contributed by atoms with van der Waals surface area (Å²) >= 11 is 0. The highest BCUT2D eigenvalue weighted by atomic mass is 16.2. The molecule has 1 aromatic carbocycles. The number of likely N-dealkylation sites (tertiary alicyclic amines) is 2. The highest BCUT2D eigenvalue weighted by molar-refractivity contribution is 5.95. The standard InChI is InChI=1S/C19H27N3O2/c23-18(21-10-3-1-2-4-11-21)15-20-17-9-7-8-16(14-17)19(24)22-12-5-6-13-22/h7-9,14,20H,1-6,10-13,15H2. The Bertz CT molecular complexity index is 574. The first-order chi connectivity index (χ1) is 11.7. The summed E-state index contributed by atoms with van der Waals surface area (Å²) in [4.78, 5) is 28.6. The van der Waals surface area contributed by atoms with Gasteiger partial charge in [-0.2, -0.15) is 0 Å². The van der Waals surface area contributed by atoms with Crippen molar-refractivity contribution in [1.82, 2.24) is 9.80 Å². The fourth-order valence-electron chi connectivity index (χ4n) is 3.47. The molecule has 0 saturated carbocycles. The fraction of sp³-hybridized carbons (Fsp3) is 0.579. The summed E-state index contributed by atoms with van der Waals surface area (Å²) in [6.45, 7) is 3.73. The molecule has 2 amide bonds. The van der Waals surface area contributed by atoms with Gasteiger partial charge in [-0.15, -0.1) is 0 Å². The highest BCUT2D eigenvalue weighted by Gasteiger charge is 2.20. The van der Waals surface area contributed by atoms with Gasteiger partial charge in [0, 0.05) is 37.4 Å². The Morgan fingerprint density at radius 2 is 1.50 bits per heavy atom. The third kappa shape index (κ3) is 4.28. The van der Waals surface area contributed by atoms with E-state index >= 15 is 0 Å². The molecule has 3 rings (SSSR count). The molecule has 1 N–H and O–H groups in total. The van der Waals surface area contributed by atoms with Gasteiger partial charge in [0.2, 0.25) is 5.91 Å². The first kappa shape index (κ1) is 16.8. The van der Waals surface area contributed by atoms with Gasteiger partial charge < -0.3 is 15.1 Å². The van der Waals surface area contributed by atoms with Gasteiger partial charge in [0.15, 0.2) is 0 Å². The van der Waals surface area contributed by atoms with Crippen LogP contribution in [0.5, 0.6) is 0 Å². The summed E-state index contributed by atoms with van der Waals surface area (Å²) in [5, 5.41) is 3.19. The zero-order valence-electron chi connectivity index (χ0n) is 14.3. The van der Waals surface area contributed by atoms with E-state index < -0.39 is 0 Å². The molecule has 5 heteroatoms. The fourth-order valence-corrected chi connectivity index (χ4v) is 3.47. The molecule has 2 heterocycles. The molecule has 0 bridgehead atoms. The van der Waals surface area contributed by atoms with E-state index in [1.165, 1.54) is 12.8 Å². The molecule has 130 valence electrons. The van der Waals surface area contributed by atoms with Crippen LogP contribution in [0.4, 0.5) is 5.69 Å². The number of nitrogens with zero attached hydrogens (tertiary/aromatic N) is 2. The summed E-state index contributed by atoms with van der Waals surface area (Å²) < 4.78 is 0. The molecular weight excluding hydrogens is 302 g/mol. The number of carbonyl (C=O) groups excluding carboxylic acids is 2. The second-order valence-corrected chi connectivity index (χ2v) is 6.73. The molecule has 0 unspecified atom stereocenters. The van der Waals surface area contributed by atoms with Crippen molar-refractivity contribution >= 4 is 17.5 Å². The molecular formula is C19H27N3O2. The average molecular weight is 329 g/mol. The number of rotatable bonds is 4. The van der Waals surface area contributed by atoms with Crippen molar-refractivity contribution in [2.75, 3.05) is 38.0 Å². The Balaban J connectivity index is 1.56. The highest BCUT2D eigenvalue weighted by Crippen LogP contribution is 2.16. The number of hydrogen-bond acceptors (Lipinski definition) is 3. The molecule has 2 fully saturated rings. The minimum atomic E-state index is 0.0926. The van der Waals surface area contributed by atoms with Gasteiger partial charge in [-0.05, 0) is 43.9 Å². The van der Waals surface area contributed by atoms with Crippen LogP contribution in [0.15, 0.2) is 24.3 Å². The van der Waals surface area contributed by atoms with Crippen LogP contribution < -0.4 is 5.32 Å². The van der Waals surface area contributed by atoms with Crippen LogP contribution >= 0.6 is 0 Å². The second kappa shape index (κ2) is 8.18. The average Bonchev–Trinajstić information content (AvgIpc) is 3.01. The Morgan fingerprint density at radius 1 is 0.875 bits per heavy atom. The first-order valence-electron chi connectivity index (χ1n) is 9.15.